The molecule has 22 heavy (non-hydrogen) atoms. The molecule has 0 spiro atoms. The monoisotopic (exact) mass is 360 g/mol. The van der Waals surface area contributed by atoms with Crippen molar-refractivity contribution >= 4 is 50.2 Å². The number of rotatable bonds is 1. The van der Waals surface area contributed by atoms with Crippen LogP contribution in [0.2, 0.25) is 0 Å². The number of halogens is 1. The summed E-state index contributed by atoms with van der Waals surface area (Å²) < 4.78 is 0.735. The maximum absolute atomic E-state index is 12.7. The van der Waals surface area contributed by atoms with Crippen LogP contribution in [-0.2, 0) is 9.59 Å². The average Bonchev–Trinajstić information content (AvgIpc) is 2.78. The fourth-order valence-electron chi connectivity index (χ4n) is 2.97. The number of amides is 3. The predicted octanol–water partition coefficient (Wildman–Crippen LogP) is 1.16. The Balaban J connectivity index is 1.89. The number of nitrogens with one attached hydrogen (secondary N) is 1. The van der Waals surface area contributed by atoms with Crippen molar-refractivity contribution in [3.63, 3.8) is 0 Å². The Morgan fingerprint density at radius 2 is 2.09 bits per heavy atom. The van der Waals surface area contributed by atoms with E-state index in [9.17, 15) is 14.4 Å². The van der Waals surface area contributed by atoms with E-state index in [1.807, 2.05) is 0 Å². The summed E-state index contributed by atoms with van der Waals surface area (Å²) >= 11 is 3.39. The summed E-state index contributed by atoms with van der Waals surface area (Å²) in [5.74, 6) is -1.05. The summed E-state index contributed by atoms with van der Waals surface area (Å²) in [5, 5.41) is 10.9. The van der Waals surface area contributed by atoms with Crippen molar-refractivity contribution in [2.75, 3.05) is 4.90 Å². The van der Waals surface area contributed by atoms with Crippen LogP contribution in [0.4, 0.5) is 5.69 Å². The molecule has 2 aromatic rings. The minimum atomic E-state index is -0.693. The zero-order valence-electron chi connectivity index (χ0n) is 11.2. The van der Waals surface area contributed by atoms with Crippen LogP contribution >= 0.6 is 15.9 Å². The quantitative estimate of drug-likeness (QED) is 0.770. The summed E-state index contributed by atoms with van der Waals surface area (Å²) in [7, 11) is 0. The van der Waals surface area contributed by atoms with Crippen LogP contribution in [0.25, 0.3) is 10.9 Å². The lowest BCUT2D eigenvalue weighted by molar-refractivity contribution is -0.134. The Bertz CT molecular complexity index is 867. The van der Waals surface area contributed by atoms with E-state index in [0.29, 0.717) is 28.6 Å². The van der Waals surface area contributed by atoms with Gasteiger partial charge in [0.1, 0.15) is 11.6 Å². The van der Waals surface area contributed by atoms with Crippen LogP contribution in [0.5, 0.6) is 0 Å². The zero-order chi connectivity index (χ0) is 15.4. The number of piperidine rings is 1. The highest BCUT2D eigenvalue weighted by Crippen LogP contribution is 2.40. The van der Waals surface area contributed by atoms with Gasteiger partial charge in [-0.2, -0.15) is 5.10 Å². The molecule has 0 radical (unpaired) electrons. The van der Waals surface area contributed by atoms with Crippen molar-refractivity contribution in [1.82, 2.24) is 15.5 Å². The Hall–Kier alpha value is -2.35. The fraction of sp³-hybridized carbons (Fsp3) is 0.214. The molecule has 4 rings (SSSR count). The van der Waals surface area contributed by atoms with E-state index in [1.165, 1.54) is 11.1 Å². The lowest BCUT2D eigenvalue weighted by Gasteiger charge is -2.30. The summed E-state index contributed by atoms with van der Waals surface area (Å²) in [6.07, 6.45) is 1.93. The smallest absolute Gasteiger partial charge is 0.261 e. The number of aromatic nitrogens is 2. The van der Waals surface area contributed by atoms with E-state index in [1.54, 1.807) is 12.1 Å². The molecule has 0 bridgehead atoms. The maximum Gasteiger partial charge on any atom is 0.261 e. The molecule has 1 N–H and O–H groups in total. The van der Waals surface area contributed by atoms with Gasteiger partial charge in [0.15, 0.2) is 0 Å². The molecule has 1 atom stereocenters. The number of hydrogen-bond acceptors (Lipinski definition) is 5. The summed E-state index contributed by atoms with van der Waals surface area (Å²) in [6, 6.07) is 2.85. The molecule has 0 aliphatic carbocycles. The molecular formula is C14H9BrN4O3. The molecule has 2 aliphatic rings. The first-order valence-corrected chi connectivity index (χ1v) is 7.48. The lowest BCUT2D eigenvalue weighted by Crippen LogP contribution is -2.53. The Labute approximate surface area is 132 Å². The van der Waals surface area contributed by atoms with Crippen LogP contribution in [0.3, 0.4) is 0 Å². The molecular weight excluding hydrogens is 352 g/mol. The standard InChI is InChI=1S/C14H9BrN4O3/c15-7-1-2-8-11-6(5-16-18-12(7)11)14(22)19(8)9-3-4-10(20)17-13(9)21/h1-2,5,9H,3-4H2,(H,17,20,21). The second-order valence-electron chi connectivity index (χ2n) is 5.19. The minimum Gasteiger partial charge on any atom is -0.295 e. The summed E-state index contributed by atoms with van der Waals surface area (Å²) in [5.41, 5.74) is 1.63. The van der Waals surface area contributed by atoms with Crippen LogP contribution in [0.1, 0.15) is 23.2 Å². The zero-order valence-corrected chi connectivity index (χ0v) is 12.8. The van der Waals surface area contributed by atoms with E-state index in [4.69, 9.17) is 0 Å². The van der Waals surface area contributed by atoms with Gasteiger partial charge in [-0.1, -0.05) is 0 Å². The largest absolute Gasteiger partial charge is 0.295 e. The third kappa shape index (κ3) is 1.70. The highest BCUT2D eigenvalue weighted by atomic mass is 79.9. The second-order valence-corrected chi connectivity index (χ2v) is 6.04. The van der Waals surface area contributed by atoms with Gasteiger partial charge in [0.05, 0.1) is 17.4 Å². The number of imide groups is 1. The van der Waals surface area contributed by atoms with Crippen molar-refractivity contribution in [3.05, 3.63) is 28.4 Å². The fourth-order valence-corrected chi connectivity index (χ4v) is 3.38. The van der Waals surface area contributed by atoms with Crippen LogP contribution < -0.4 is 10.2 Å². The van der Waals surface area contributed by atoms with E-state index >= 15 is 0 Å². The molecule has 7 nitrogen and oxygen atoms in total. The van der Waals surface area contributed by atoms with Gasteiger partial charge in [-0.25, -0.2) is 0 Å². The molecule has 3 amide bonds. The molecule has 8 heteroatoms. The van der Waals surface area contributed by atoms with Crippen molar-refractivity contribution in [2.45, 2.75) is 18.9 Å². The van der Waals surface area contributed by atoms with E-state index < -0.39 is 11.9 Å². The third-order valence-electron chi connectivity index (χ3n) is 3.95. The van der Waals surface area contributed by atoms with Gasteiger partial charge in [-0.15, -0.1) is 5.10 Å². The Kier molecular flexibility index (Phi) is 2.77. The van der Waals surface area contributed by atoms with Crippen LogP contribution in [0.15, 0.2) is 22.8 Å². The summed E-state index contributed by atoms with van der Waals surface area (Å²) in [4.78, 5) is 37.5. The lowest BCUT2D eigenvalue weighted by atomic mass is 10.0. The molecule has 1 aromatic heterocycles. The first-order valence-electron chi connectivity index (χ1n) is 6.69. The van der Waals surface area contributed by atoms with Crippen LogP contribution in [0, 0.1) is 0 Å². The molecule has 0 saturated carbocycles. The number of anilines is 1. The van der Waals surface area contributed by atoms with Gasteiger partial charge in [-0.3, -0.25) is 24.6 Å². The number of carbonyl (C=O) groups excluding carboxylic acids is 3. The Morgan fingerprint density at radius 1 is 1.27 bits per heavy atom. The van der Waals surface area contributed by atoms with Gasteiger partial charge >= 0.3 is 0 Å². The van der Waals surface area contributed by atoms with Crippen molar-refractivity contribution < 1.29 is 14.4 Å². The molecule has 1 aromatic carbocycles. The summed E-state index contributed by atoms with van der Waals surface area (Å²) in [6.45, 7) is 0. The normalized spacial score (nSPS) is 20.7. The molecule has 110 valence electrons. The highest BCUT2D eigenvalue weighted by molar-refractivity contribution is 9.10. The van der Waals surface area contributed by atoms with Crippen molar-refractivity contribution in [1.29, 1.82) is 0 Å². The molecule has 3 heterocycles. The van der Waals surface area contributed by atoms with Crippen molar-refractivity contribution in [3.8, 4) is 0 Å². The molecule has 2 aliphatic heterocycles. The van der Waals surface area contributed by atoms with Gasteiger partial charge in [-0.05, 0) is 34.5 Å². The number of carbonyl (C=O) groups is 3. The Morgan fingerprint density at radius 3 is 2.86 bits per heavy atom. The SMILES string of the molecule is O=C1CCC(N2C(=O)c3cnnc4c(Br)ccc2c34)C(=O)N1. The van der Waals surface area contributed by atoms with Crippen LogP contribution in [-0.4, -0.2) is 34.0 Å². The highest BCUT2D eigenvalue weighted by Gasteiger charge is 2.41. The number of benzene rings is 1. The van der Waals surface area contributed by atoms with E-state index in [-0.39, 0.29) is 18.2 Å². The number of hydrogen-bond donors (Lipinski definition) is 1. The van der Waals surface area contributed by atoms with E-state index in [0.717, 1.165) is 4.47 Å². The number of nitrogens with zero attached hydrogens (tertiary/aromatic N) is 3. The molecule has 1 unspecified atom stereocenters. The first-order chi connectivity index (χ1) is 10.6. The third-order valence-corrected chi connectivity index (χ3v) is 4.59. The van der Waals surface area contributed by atoms with Gasteiger partial charge in [0, 0.05) is 16.3 Å². The second kappa shape index (κ2) is 4.57. The first kappa shape index (κ1) is 13.3. The maximum atomic E-state index is 12.7. The average molecular weight is 361 g/mol. The predicted molar refractivity (Wildman–Crippen MR) is 80.2 cm³/mol. The van der Waals surface area contributed by atoms with Gasteiger partial charge < -0.3 is 0 Å². The van der Waals surface area contributed by atoms with Crippen molar-refractivity contribution in [2.24, 2.45) is 0 Å². The van der Waals surface area contributed by atoms with E-state index in [2.05, 4.69) is 31.4 Å². The van der Waals surface area contributed by atoms with Gasteiger partial charge in [0.25, 0.3) is 5.91 Å². The molecule has 1 saturated heterocycles. The minimum absolute atomic E-state index is 0.215. The van der Waals surface area contributed by atoms with Gasteiger partial charge in [0.2, 0.25) is 11.8 Å². The topological polar surface area (TPSA) is 92.3 Å². The molecule has 1 fully saturated rings.